The molecule has 0 aliphatic heterocycles. The Balaban J connectivity index is 1.09. The van der Waals surface area contributed by atoms with Crippen LogP contribution < -0.4 is 19.1 Å². The Morgan fingerprint density at radius 3 is 1.52 bits per heavy atom. The SMILES string of the molecule is Cc1ccc(N(c2ccc(C)cc2)c2ccc(C=C(c3ccc(O)cc3)c3ccc(OC(=O)Oc4ccc(C(C)(C)c5ccc(OC=O)c(C)c5)cc4C)cc3)cc2)cc1. The Kier molecular flexibility index (Phi) is 12.0. The second-order valence-corrected chi connectivity index (χ2v) is 15.5. The van der Waals surface area contributed by atoms with Gasteiger partial charge in [0.05, 0.1) is 0 Å². The van der Waals surface area contributed by atoms with Crippen LogP contribution in [0.15, 0.2) is 158 Å². The molecule has 7 heteroatoms. The first-order valence-corrected chi connectivity index (χ1v) is 19.8. The molecule has 60 heavy (non-hydrogen) atoms. The molecule has 7 rings (SSSR count). The summed E-state index contributed by atoms with van der Waals surface area (Å²) in [5.41, 5.74) is 12.6. The second-order valence-electron chi connectivity index (χ2n) is 15.5. The minimum absolute atomic E-state index is 0.179. The summed E-state index contributed by atoms with van der Waals surface area (Å²) in [6.45, 7) is 12.6. The maximum atomic E-state index is 13.0. The number of phenols is 1. The molecule has 0 spiro atoms. The zero-order chi connectivity index (χ0) is 42.4. The third-order valence-corrected chi connectivity index (χ3v) is 10.8. The molecule has 1 N–H and O–H groups in total. The highest BCUT2D eigenvalue weighted by molar-refractivity contribution is 5.92. The molecule has 0 aliphatic rings. The van der Waals surface area contributed by atoms with E-state index in [4.69, 9.17) is 14.2 Å². The van der Waals surface area contributed by atoms with Gasteiger partial charge in [-0.3, -0.25) is 4.79 Å². The number of hydrogen-bond acceptors (Lipinski definition) is 7. The lowest BCUT2D eigenvalue weighted by Crippen LogP contribution is -2.20. The predicted octanol–water partition coefficient (Wildman–Crippen LogP) is 13.1. The summed E-state index contributed by atoms with van der Waals surface area (Å²) in [4.78, 5) is 26.1. The number of carbonyl (C=O) groups excluding carboxylic acids is 2. The monoisotopic (exact) mass is 793 g/mol. The standard InChI is InChI=1S/C53H47NO6/c1-35-7-19-44(20-8-35)54(45-21-9-36(2)10-22-45)46-23-11-39(12-24-46)33-49(40-13-25-47(56)26-14-40)41-15-27-48(28-16-41)59-52(57)60-51-30-18-43(32-38(51)4)53(5,6)42-17-29-50(58-34-55)37(3)31-42/h7-34,56H,1-6H3. The van der Waals surface area contributed by atoms with Crippen LogP contribution in [-0.4, -0.2) is 17.7 Å². The van der Waals surface area contributed by atoms with Crippen LogP contribution in [0.5, 0.6) is 23.0 Å². The first-order valence-electron chi connectivity index (χ1n) is 19.8. The van der Waals surface area contributed by atoms with Crippen molar-refractivity contribution in [1.29, 1.82) is 0 Å². The van der Waals surface area contributed by atoms with Gasteiger partial charge in [0.15, 0.2) is 0 Å². The number of benzene rings is 7. The van der Waals surface area contributed by atoms with Gasteiger partial charge < -0.3 is 24.2 Å². The molecule has 0 unspecified atom stereocenters. The minimum Gasteiger partial charge on any atom is -0.508 e. The third kappa shape index (κ3) is 9.32. The first-order chi connectivity index (χ1) is 28.9. The largest absolute Gasteiger partial charge is 0.519 e. The summed E-state index contributed by atoms with van der Waals surface area (Å²) in [5.74, 6) is 1.43. The van der Waals surface area contributed by atoms with E-state index in [0.29, 0.717) is 23.7 Å². The van der Waals surface area contributed by atoms with Gasteiger partial charge in [0.25, 0.3) is 6.47 Å². The molecule has 0 bridgehead atoms. The van der Waals surface area contributed by atoms with E-state index in [1.165, 1.54) is 11.1 Å². The highest BCUT2D eigenvalue weighted by Gasteiger charge is 2.25. The molecular weight excluding hydrogens is 747 g/mol. The molecule has 0 aromatic heterocycles. The first kappa shape index (κ1) is 40.8. The van der Waals surface area contributed by atoms with E-state index in [1.807, 2.05) is 62.4 Å². The number of nitrogens with zero attached hydrogens (tertiary/aromatic N) is 1. The van der Waals surface area contributed by atoms with Crippen LogP contribution >= 0.6 is 0 Å². The third-order valence-electron chi connectivity index (χ3n) is 10.8. The zero-order valence-electron chi connectivity index (χ0n) is 34.6. The molecule has 7 aromatic carbocycles. The molecule has 0 saturated carbocycles. The fourth-order valence-corrected chi connectivity index (χ4v) is 7.15. The lowest BCUT2D eigenvalue weighted by molar-refractivity contribution is -0.120. The Labute approximate surface area is 351 Å². The van der Waals surface area contributed by atoms with E-state index >= 15 is 0 Å². The van der Waals surface area contributed by atoms with E-state index in [9.17, 15) is 14.7 Å². The number of aromatic hydroxyl groups is 1. The summed E-state index contributed by atoms with van der Waals surface area (Å²) in [6.07, 6.45) is 1.26. The van der Waals surface area contributed by atoms with Gasteiger partial charge in [0, 0.05) is 22.5 Å². The van der Waals surface area contributed by atoms with Crippen molar-refractivity contribution >= 4 is 41.3 Å². The van der Waals surface area contributed by atoms with Crippen LogP contribution in [0.25, 0.3) is 11.6 Å². The van der Waals surface area contributed by atoms with Crippen molar-refractivity contribution in [3.63, 3.8) is 0 Å². The molecule has 300 valence electrons. The van der Waals surface area contributed by atoms with E-state index in [2.05, 4.69) is 111 Å². The number of ether oxygens (including phenoxy) is 3. The maximum absolute atomic E-state index is 13.0. The van der Waals surface area contributed by atoms with Crippen molar-refractivity contribution in [3.05, 3.63) is 208 Å². The van der Waals surface area contributed by atoms with Gasteiger partial charge in [0.1, 0.15) is 23.0 Å². The van der Waals surface area contributed by atoms with E-state index < -0.39 is 6.16 Å². The number of rotatable bonds is 12. The fraction of sp³-hybridized carbons (Fsp3) is 0.132. The van der Waals surface area contributed by atoms with Crippen LogP contribution in [0.3, 0.4) is 0 Å². The Bertz CT molecular complexity index is 2600. The van der Waals surface area contributed by atoms with Gasteiger partial charge in [0.2, 0.25) is 0 Å². The van der Waals surface area contributed by atoms with Crippen molar-refractivity contribution in [1.82, 2.24) is 0 Å². The molecule has 7 aromatic rings. The van der Waals surface area contributed by atoms with Gasteiger partial charge in [-0.05, 0) is 151 Å². The number of aryl methyl sites for hydroxylation is 4. The van der Waals surface area contributed by atoms with Gasteiger partial charge in [-0.1, -0.05) is 110 Å². The normalized spacial score (nSPS) is 11.5. The smallest absolute Gasteiger partial charge is 0.508 e. The highest BCUT2D eigenvalue weighted by Crippen LogP contribution is 2.38. The molecule has 0 amide bonds. The van der Waals surface area contributed by atoms with Gasteiger partial charge >= 0.3 is 6.16 Å². The van der Waals surface area contributed by atoms with E-state index in [1.54, 1.807) is 36.4 Å². The quantitative estimate of drug-likeness (QED) is 0.0570. The summed E-state index contributed by atoms with van der Waals surface area (Å²) in [7, 11) is 0. The Morgan fingerprint density at radius 2 is 1.03 bits per heavy atom. The maximum Gasteiger partial charge on any atom is 0.519 e. The number of carbonyl (C=O) groups is 2. The molecule has 0 aliphatic carbocycles. The summed E-state index contributed by atoms with van der Waals surface area (Å²) < 4.78 is 16.4. The van der Waals surface area contributed by atoms with Crippen molar-refractivity contribution in [2.24, 2.45) is 0 Å². The average molecular weight is 794 g/mol. The van der Waals surface area contributed by atoms with Crippen molar-refractivity contribution in [3.8, 4) is 23.0 Å². The van der Waals surface area contributed by atoms with Crippen LogP contribution in [0.2, 0.25) is 0 Å². The summed E-state index contributed by atoms with van der Waals surface area (Å²) in [5, 5.41) is 10.1. The number of hydrogen-bond donors (Lipinski definition) is 1. The molecule has 0 atom stereocenters. The lowest BCUT2D eigenvalue weighted by Gasteiger charge is -2.27. The summed E-state index contributed by atoms with van der Waals surface area (Å²) >= 11 is 0. The average Bonchev–Trinajstić information content (AvgIpc) is 3.24. The molecule has 0 saturated heterocycles. The van der Waals surface area contributed by atoms with Crippen LogP contribution in [0.1, 0.15) is 63.9 Å². The van der Waals surface area contributed by atoms with Crippen molar-refractivity contribution in [2.75, 3.05) is 4.90 Å². The van der Waals surface area contributed by atoms with Crippen LogP contribution in [0, 0.1) is 27.7 Å². The Hall–Kier alpha value is -7.38. The van der Waals surface area contributed by atoms with Gasteiger partial charge in [-0.15, -0.1) is 0 Å². The van der Waals surface area contributed by atoms with Crippen LogP contribution in [-0.2, 0) is 10.2 Å². The van der Waals surface area contributed by atoms with Crippen molar-refractivity contribution in [2.45, 2.75) is 47.0 Å². The predicted molar refractivity (Wildman–Crippen MR) is 240 cm³/mol. The van der Waals surface area contributed by atoms with Gasteiger partial charge in [-0.2, -0.15) is 0 Å². The zero-order valence-corrected chi connectivity index (χ0v) is 34.6. The minimum atomic E-state index is -0.848. The molecule has 0 radical (unpaired) electrons. The highest BCUT2D eigenvalue weighted by atomic mass is 16.7. The van der Waals surface area contributed by atoms with E-state index in [-0.39, 0.29) is 11.2 Å². The molecule has 0 heterocycles. The van der Waals surface area contributed by atoms with E-state index in [0.717, 1.165) is 61.6 Å². The van der Waals surface area contributed by atoms with Crippen molar-refractivity contribution < 1.29 is 28.9 Å². The lowest BCUT2D eigenvalue weighted by atomic mass is 9.77. The topological polar surface area (TPSA) is 85.3 Å². The number of anilines is 3. The molecular formula is C53H47NO6. The summed E-state index contributed by atoms with van der Waals surface area (Å²) in [6, 6.07) is 51.3. The fourth-order valence-electron chi connectivity index (χ4n) is 7.15. The number of phenolic OH excluding ortho intramolecular Hbond substituents is 1. The Morgan fingerprint density at radius 1 is 0.567 bits per heavy atom. The second kappa shape index (κ2) is 17.6. The molecule has 0 fully saturated rings. The van der Waals surface area contributed by atoms with Crippen LogP contribution in [0.4, 0.5) is 21.9 Å². The molecule has 7 nitrogen and oxygen atoms in total. The van der Waals surface area contributed by atoms with Gasteiger partial charge in [-0.25, -0.2) is 4.79 Å².